The van der Waals surface area contributed by atoms with Crippen LogP contribution in [0.15, 0.2) is 267 Å². The molecule has 0 saturated carbocycles. The highest BCUT2D eigenvalue weighted by Gasteiger charge is 2.16. The van der Waals surface area contributed by atoms with E-state index in [0.717, 1.165) is 55.8 Å². The van der Waals surface area contributed by atoms with Gasteiger partial charge in [0.2, 0.25) is 0 Å². The van der Waals surface area contributed by atoms with Gasteiger partial charge in [-0.05, 0) is 103 Å². The van der Waals surface area contributed by atoms with Crippen LogP contribution in [0, 0.1) is 0 Å². The van der Waals surface area contributed by atoms with E-state index in [1.807, 2.05) is 0 Å². The quantitative estimate of drug-likeness (QED) is 0.145. The maximum Gasteiger partial charge on any atom is 0.164 e. The van der Waals surface area contributed by atoms with Gasteiger partial charge in [0.1, 0.15) is 0 Å². The average molecular weight is 905 g/mol. The second kappa shape index (κ2) is 17.9. The van der Waals surface area contributed by atoms with Crippen LogP contribution in [0.25, 0.3) is 128 Å². The molecule has 4 heteroatoms. The molecule has 2 aromatic heterocycles. The largest absolute Gasteiger partial charge is 0.309 e. The van der Waals surface area contributed by atoms with E-state index in [4.69, 9.17) is 15.0 Å². The highest BCUT2D eigenvalue weighted by atomic mass is 15.0. The highest BCUT2D eigenvalue weighted by Crippen LogP contribution is 2.36. The first kappa shape index (κ1) is 41.7. The van der Waals surface area contributed by atoms with Crippen molar-refractivity contribution < 1.29 is 0 Å². The maximum absolute atomic E-state index is 5.17. The first-order valence-corrected chi connectivity index (χ1v) is 24.1. The molecule has 0 amide bonds. The lowest BCUT2D eigenvalue weighted by Gasteiger charge is -2.12. The van der Waals surface area contributed by atoms with Gasteiger partial charge in [0, 0.05) is 33.2 Å². The lowest BCUT2D eigenvalue weighted by atomic mass is 9.95. The van der Waals surface area contributed by atoms with Gasteiger partial charge in [-0.1, -0.05) is 231 Å². The van der Waals surface area contributed by atoms with Crippen molar-refractivity contribution in [1.82, 2.24) is 19.5 Å². The van der Waals surface area contributed by atoms with Crippen LogP contribution in [-0.4, -0.2) is 19.5 Å². The molecule has 0 aliphatic carbocycles. The van der Waals surface area contributed by atoms with Crippen LogP contribution in [-0.2, 0) is 0 Å². The zero-order chi connectivity index (χ0) is 47.1. The maximum atomic E-state index is 5.17. The fourth-order valence-corrected chi connectivity index (χ4v) is 10.1. The van der Waals surface area contributed by atoms with Crippen LogP contribution in [0.5, 0.6) is 0 Å². The lowest BCUT2D eigenvalue weighted by molar-refractivity contribution is 1.07. The summed E-state index contributed by atoms with van der Waals surface area (Å²) >= 11 is 0. The predicted octanol–water partition coefficient (Wildman–Crippen LogP) is 17.5. The number of rotatable bonds is 9. The summed E-state index contributed by atoms with van der Waals surface area (Å²) in [5, 5.41) is 4.97. The molecule has 71 heavy (non-hydrogen) atoms. The monoisotopic (exact) mass is 904 g/mol. The Balaban J connectivity index is 0.854. The van der Waals surface area contributed by atoms with Gasteiger partial charge in [-0.3, -0.25) is 0 Å². The number of para-hydroxylation sites is 2. The van der Waals surface area contributed by atoms with Gasteiger partial charge in [-0.2, -0.15) is 0 Å². The second-order valence-electron chi connectivity index (χ2n) is 18.0. The molecule has 0 aliphatic heterocycles. The molecule has 0 N–H and O–H groups in total. The van der Waals surface area contributed by atoms with E-state index in [9.17, 15) is 0 Å². The van der Waals surface area contributed by atoms with Gasteiger partial charge in [-0.15, -0.1) is 0 Å². The van der Waals surface area contributed by atoms with Crippen LogP contribution in [0.3, 0.4) is 0 Å². The van der Waals surface area contributed by atoms with Crippen LogP contribution in [0.2, 0.25) is 0 Å². The third-order valence-electron chi connectivity index (χ3n) is 13.7. The van der Waals surface area contributed by atoms with Gasteiger partial charge in [0.15, 0.2) is 17.5 Å². The van der Waals surface area contributed by atoms with E-state index in [1.165, 1.54) is 54.8 Å². The normalized spacial score (nSPS) is 11.4. The topological polar surface area (TPSA) is 43.6 Å². The van der Waals surface area contributed by atoms with E-state index >= 15 is 0 Å². The first-order chi connectivity index (χ1) is 35.2. The third kappa shape index (κ3) is 7.94. The number of hydrogen-bond acceptors (Lipinski definition) is 3. The number of nitrogens with zero attached hydrogens (tertiary/aromatic N) is 4. The average Bonchev–Trinajstić information content (AvgIpc) is 3.80. The summed E-state index contributed by atoms with van der Waals surface area (Å²) in [7, 11) is 0. The van der Waals surface area contributed by atoms with Crippen molar-refractivity contribution in [3.8, 4) is 95.5 Å². The number of hydrogen-bond donors (Lipinski definition) is 0. The molecule has 2 heterocycles. The molecule has 0 aliphatic rings. The number of aromatic nitrogens is 4. The van der Waals surface area contributed by atoms with Crippen LogP contribution < -0.4 is 0 Å². The van der Waals surface area contributed by atoms with Crippen LogP contribution in [0.4, 0.5) is 0 Å². The fourth-order valence-electron chi connectivity index (χ4n) is 10.1. The zero-order valence-corrected chi connectivity index (χ0v) is 38.7. The van der Waals surface area contributed by atoms with Gasteiger partial charge < -0.3 is 4.57 Å². The first-order valence-electron chi connectivity index (χ1n) is 24.1. The van der Waals surface area contributed by atoms with Crippen molar-refractivity contribution in [3.05, 3.63) is 267 Å². The summed E-state index contributed by atoms with van der Waals surface area (Å²) in [4.78, 5) is 15.5. The summed E-state index contributed by atoms with van der Waals surface area (Å²) in [6.45, 7) is 0. The molecule has 0 atom stereocenters. The zero-order valence-electron chi connectivity index (χ0n) is 38.7. The second-order valence-corrected chi connectivity index (χ2v) is 18.0. The summed E-state index contributed by atoms with van der Waals surface area (Å²) in [6, 6.07) is 94.9. The molecule has 4 nitrogen and oxygen atoms in total. The SMILES string of the molecule is c1ccc(-c2cccc(-c3ccc(-c4nc(-c5ccc(-c6cccc(-c7cccc8ccccc78)c6)cc5)nc(-c5ccc(-c6cccc(-n7c8ccccc8c8ccccc87)c6)cc5)n4)cc3)c2)cc1. The number of fused-ring (bicyclic) bond motifs is 4. The van der Waals surface area contributed by atoms with Crippen molar-refractivity contribution in [1.29, 1.82) is 0 Å². The molecule has 0 fully saturated rings. The summed E-state index contributed by atoms with van der Waals surface area (Å²) in [5.41, 5.74) is 17.8. The van der Waals surface area contributed by atoms with Crippen molar-refractivity contribution in [3.63, 3.8) is 0 Å². The van der Waals surface area contributed by atoms with Crippen molar-refractivity contribution in [2.45, 2.75) is 0 Å². The molecule has 11 aromatic carbocycles. The van der Waals surface area contributed by atoms with E-state index < -0.39 is 0 Å². The van der Waals surface area contributed by atoms with Gasteiger partial charge in [-0.25, -0.2) is 15.0 Å². The molecule has 13 aromatic rings. The van der Waals surface area contributed by atoms with E-state index in [0.29, 0.717) is 17.5 Å². The summed E-state index contributed by atoms with van der Waals surface area (Å²) < 4.78 is 2.36. The minimum absolute atomic E-state index is 0.613. The minimum Gasteiger partial charge on any atom is -0.309 e. The van der Waals surface area contributed by atoms with E-state index in [1.54, 1.807) is 0 Å². The summed E-state index contributed by atoms with van der Waals surface area (Å²) in [6.07, 6.45) is 0. The molecular weight excluding hydrogens is 861 g/mol. The molecular formula is C67H44N4. The smallest absolute Gasteiger partial charge is 0.164 e. The third-order valence-corrected chi connectivity index (χ3v) is 13.7. The van der Waals surface area contributed by atoms with Crippen LogP contribution in [0.1, 0.15) is 0 Å². The molecule has 0 unspecified atom stereocenters. The lowest BCUT2D eigenvalue weighted by Crippen LogP contribution is -2.00. The Kier molecular flexibility index (Phi) is 10.5. The Bertz CT molecular complexity index is 4020. The van der Waals surface area contributed by atoms with Crippen molar-refractivity contribution in [2.24, 2.45) is 0 Å². The molecule has 332 valence electrons. The number of benzene rings is 11. The van der Waals surface area contributed by atoms with Crippen molar-refractivity contribution >= 4 is 32.6 Å². The Labute approximate surface area is 412 Å². The summed E-state index contributed by atoms with van der Waals surface area (Å²) in [5.74, 6) is 1.84. The molecule has 0 radical (unpaired) electrons. The molecule has 0 bridgehead atoms. The Morgan fingerprint density at radius 2 is 0.577 bits per heavy atom. The Morgan fingerprint density at radius 3 is 1.11 bits per heavy atom. The standard InChI is InChI=1S/C67H44N4/c1-2-14-45(15-3-1)53-18-10-19-54(42-53)46-30-36-50(37-31-46)65-68-66(51-38-32-47(33-39-51)55-20-11-22-57(43-55)60-27-13-17-49-16-4-5-24-59(49)60)70-67(69-65)52-40-34-48(35-41-52)56-21-12-23-58(44-56)71-63-28-8-6-25-61(63)62-26-7-9-29-64(62)71/h1-44H. The molecule has 0 spiro atoms. The van der Waals surface area contributed by atoms with E-state index in [2.05, 4.69) is 271 Å². The van der Waals surface area contributed by atoms with E-state index in [-0.39, 0.29) is 0 Å². The van der Waals surface area contributed by atoms with Crippen molar-refractivity contribution in [2.75, 3.05) is 0 Å². The highest BCUT2D eigenvalue weighted by molar-refractivity contribution is 6.09. The predicted molar refractivity (Wildman–Crippen MR) is 295 cm³/mol. The van der Waals surface area contributed by atoms with Gasteiger partial charge >= 0.3 is 0 Å². The minimum atomic E-state index is 0.613. The molecule has 13 rings (SSSR count). The molecule has 0 saturated heterocycles. The Morgan fingerprint density at radius 1 is 0.225 bits per heavy atom. The van der Waals surface area contributed by atoms with Crippen LogP contribution >= 0.6 is 0 Å². The van der Waals surface area contributed by atoms with Gasteiger partial charge in [0.25, 0.3) is 0 Å². The fraction of sp³-hybridized carbons (Fsp3) is 0. The Hall–Kier alpha value is -9.51. The van der Waals surface area contributed by atoms with Gasteiger partial charge in [0.05, 0.1) is 11.0 Å².